The summed E-state index contributed by atoms with van der Waals surface area (Å²) in [5, 5.41) is 0. The molecule has 14 heteroatoms. The molecule has 0 aliphatic carbocycles. The van der Waals surface area contributed by atoms with Crippen LogP contribution in [-0.4, -0.2) is 118 Å². The van der Waals surface area contributed by atoms with Gasteiger partial charge in [-0.1, -0.05) is 33.7 Å². The van der Waals surface area contributed by atoms with Crippen LogP contribution in [-0.2, 0) is 29.5 Å². The summed E-state index contributed by atoms with van der Waals surface area (Å²) in [4.78, 5) is 6.23. The van der Waals surface area contributed by atoms with Gasteiger partial charge >= 0.3 is 0 Å². The standard InChI is InChI=1S/C26H38N4O6S4/c1-39(31,32)29(11-9-27-13-17-35-18-14-27)23-5-3-7-25(21-23)37-38-26-8-4-6-24(22-26)30(40(2,33)34)12-10-28-15-19-36-20-16-28/h3-8,21-22H,9-20H2,1-2H3. The quantitative estimate of drug-likeness (QED) is 0.307. The molecule has 0 unspecified atom stereocenters. The number of nitrogens with zero attached hydrogens (tertiary/aromatic N) is 4. The molecule has 222 valence electrons. The monoisotopic (exact) mass is 630 g/mol. The summed E-state index contributed by atoms with van der Waals surface area (Å²) < 4.78 is 64.3. The third-order valence-corrected chi connectivity index (χ3v) is 11.5. The molecule has 0 amide bonds. The van der Waals surface area contributed by atoms with Gasteiger partial charge in [-0.05, 0) is 36.4 Å². The number of sulfonamides is 2. The molecular weight excluding hydrogens is 593 g/mol. The average molecular weight is 631 g/mol. The molecule has 0 bridgehead atoms. The fraction of sp³-hybridized carbons (Fsp3) is 0.538. The Morgan fingerprint density at radius 1 is 0.675 bits per heavy atom. The first-order valence-electron chi connectivity index (χ1n) is 13.2. The van der Waals surface area contributed by atoms with Crippen molar-refractivity contribution in [3.8, 4) is 0 Å². The summed E-state index contributed by atoms with van der Waals surface area (Å²) in [5.41, 5.74) is 1.25. The summed E-state index contributed by atoms with van der Waals surface area (Å²) in [6, 6.07) is 15.0. The van der Waals surface area contributed by atoms with Crippen LogP contribution < -0.4 is 8.61 Å². The van der Waals surface area contributed by atoms with Gasteiger partial charge in [0, 0.05) is 62.1 Å². The normalized spacial score (nSPS) is 17.6. The van der Waals surface area contributed by atoms with Crippen LogP contribution in [0.2, 0.25) is 0 Å². The van der Waals surface area contributed by atoms with E-state index in [1.807, 2.05) is 48.5 Å². The molecule has 2 aliphatic heterocycles. The average Bonchev–Trinajstić information content (AvgIpc) is 2.92. The van der Waals surface area contributed by atoms with E-state index < -0.39 is 20.0 Å². The van der Waals surface area contributed by atoms with Crippen LogP contribution in [0.3, 0.4) is 0 Å². The van der Waals surface area contributed by atoms with Gasteiger partial charge in [0.05, 0.1) is 50.3 Å². The number of rotatable bonds is 13. The summed E-state index contributed by atoms with van der Waals surface area (Å²) in [5.74, 6) is 0. The number of hydrogen-bond donors (Lipinski definition) is 0. The van der Waals surface area contributed by atoms with E-state index in [0.29, 0.717) is 64.0 Å². The van der Waals surface area contributed by atoms with Crippen molar-refractivity contribution >= 4 is 53.0 Å². The molecule has 0 radical (unpaired) electrons. The molecule has 40 heavy (non-hydrogen) atoms. The third-order valence-electron chi connectivity index (χ3n) is 6.69. The van der Waals surface area contributed by atoms with Crippen LogP contribution in [0.15, 0.2) is 58.3 Å². The van der Waals surface area contributed by atoms with Crippen LogP contribution in [0, 0.1) is 0 Å². The topological polar surface area (TPSA) is 99.7 Å². The molecule has 2 fully saturated rings. The first kappa shape index (κ1) is 31.4. The van der Waals surface area contributed by atoms with E-state index in [0.717, 1.165) is 36.0 Å². The number of ether oxygens (including phenoxy) is 2. The van der Waals surface area contributed by atoms with E-state index in [9.17, 15) is 16.8 Å². The van der Waals surface area contributed by atoms with Crippen LogP contribution in [0.1, 0.15) is 0 Å². The smallest absolute Gasteiger partial charge is 0.232 e. The zero-order chi connectivity index (χ0) is 28.6. The summed E-state index contributed by atoms with van der Waals surface area (Å²) >= 11 is 0. The van der Waals surface area contributed by atoms with Crippen molar-refractivity contribution in [2.75, 3.05) is 99.9 Å². The van der Waals surface area contributed by atoms with Crippen LogP contribution in [0.5, 0.6) is 0 Å². The zero-order valence-electron chi connectivity index (χ0n) is 23.0. The Balaban J connectivity index is 1.42. The molecule has 0 aromatic heterocycles. The predicted octanol–water partition coefficient (Wildman–Crippen LogP) is 2.68. The van der Waals surface area contributed by atoms with Crippen LogP contribution in [0.25, 0.3) is 0 Å². The predicted molar refractivity (Wildman–Crippen MR) is 163 cm³/mol. The molecule has 10 nitrogen and oxygen atoms in total. The number of hydrogen-bond acceptors (Lipinski definition) is 10. The lowest BCUT2D eigenvalue weighted by molar-refractivity contribution is 0.0394. The van der Waals surface area contributed by atoms with Crippen molar-refractivity contribution in [1.82, 2.24) is 9.80 Å². The molecule has 0 saturated carbocycles. The molecule has 0 atom stereocenters. The van der Waals surface area contributed by atoms with Gasteiger partial charge in [0.2, 0.25) is 20.0 Å². The van der Waals surface area contributed by atoms with E-state index in [2.05, 4.69) is 9.80 Å². The van der Waals surface area contributed by atoms with Gasteiger partial charge in [-0.25, -0.2) is 16.8 Å². The fourth-order valence-electron chi connectivity index (χ4n) is 4.56. The van der Waals surface area contributed by atoms with Gasteiger partial charge in [-0.2, -0.15) is 0 Å². The minimum absolute atomic E-state index is 0.369. The highest BCUT2D eigenvalue weighted by Gasteiger charge is 2.22. The fourth-order valence-corrected chi connectivity index (χ4v) is 8.38. The first-order chi connectivity index (χ1) is 19.1. The SMILES string of the molecule is CS(=O)(=O)N(CCN1CCOCC1)c1cccc(SSc2cccc(N(CCN3CCOCC3)S(C)(=O)=O)c2)c1. The van der Waals surface area contributed by atoms with Crippen LogP contribution in [0.4, 0.5) is 11.4 Å². The van der Waals surface area contributed by atoms with E-state index in [1.165, 1.54) is 42.7 Å². The first-order valence-corrected chi connectivity index (χ1v) is 19.0. The minimum atomic E-state index is -3.46. The second-order valence-corrected chi connectivity index (χ2v) is 15.8. The lowest BCUT2D eigenvalue weighted by atomic mass is 10.3. The molecule has 2 heterocycles. The number of anilines is 2. The van der Waals surface area contributed by atoms with Crippen molar-refractivity contribution in [2.24, 2.45) is 0 Å². The Bertz CT molecular complexity index is 1210. The third kappa shape index (κ3) is 9.51. The highest BCUT2D eigenvalue weighted by atomic mass is 33.1. The Hall–Kier alpha value is -1.52. The summed E-state index contributed by atoms with van der Waals surface area (Å²) in [7, 11) is -3.91. The molecule has 2 saturated heterocycles. The van der Waals surface area contributed by atoms with Crippen molar-refractivity contribution in [3.63, 3.8) is 0 Å². The molecule has 2 aliphatic rings. The van der Waals surface area contributed by atoms with Gasteiger partial charge in [0.25, 0.3) is 0 Å². The lowest BCUT2D eigenvalue weighted by Gasteiger charge is -2.30. The molecule has 4 rings (SSSR count). The summed E-state index contributed by atoms with van der Waals surface area (Å²) in [6.45, 7) is 7.87. The highest BCUT2D eigenvalue weighted by molar-refractivity contribution is 8.76. The van der Waals surface area contributed by atoms with Gasteiger partial charge in [-0.3, -0.25) is 18.4 Å². The van der Waals surface area contributed by atoms with Crippen molar-refractivity contribution in [2.45, 2.75) is 9.79 Å². The maximum Gasteiger partial charge on any atom is 0.232 e. The maximum absolute atomic E-state index is 12.6. The molecule has 0 N–H and O–H groups in total. The Labute approximate surface area is 246 Å². The highest BCUT2D eigenvalue weighted by Crippen LogP contribution is 2.40. The Morgan fingerprint density at radius 3 is 1.40 bits per heavy atom. The zero-order valence-corrected chi connectivity index (χ0v) is 26.2. The summed E-state index contributed by atoms with van der Waals surface area (Å²) in [6.07, 6.45) is 2.47. The molecule has 0 spiro atoms. The molecule has 2 aromatic carbocycles. The minimum Gasteiger partial charge on any atom is -0.379 e. The van der Waals surface area contributed by atoms with Crippen molar-refractivity contribution in [1.29, 1.82) is 0 Å². The van der Waals surface area contributed by atoms with E-state index in [-0.39, 0.29) is 0 Å². The van der Waals surface area contributed by atoms with Gasteiger partial charge in [0.15, 0.2) is 0 Å². The van der Waals surface area contributed by atoms with Gasteiger partial charge in [-0.15, -0.1) is 0 Å². The van der Waals surface area contributed by atoms with E-state index in [4.69, 9.17) is 9.47 Å². The van der Waals surface area contributed by atoms with E-state index in [1.54, 1.807) is 0 Å². The second kappa shape index (κ2) is 14.6. The number of benzene rings is 2. The number of morpholine rings is 2. The van der Waals surface area contributed by atoms with E-state index >= 15 is 0 Å². The largest absolute Gasteiger partial charge is 0.379 e. The van der Waals surface area contributed by atoms with Crippen LogP contribution >= 0.6 is 21.6 Å². The lowest BCUT2D eigenvalue weighted by Crippen LogP contribution is -2.43. The van der Waals surface area contributed by atoms with Gasteiger partial charge in [0.1, 0.15) is 0 Å². The Kier molecular flexibility index (Phi) is 11.5. The Morgan fingerprint density at radius 2 is 1.05 bits per heavy atom. The van der Waals surface area contributed by atoms with Crippen molar-refractivity contribution in [3.05, 3.63) is 48.5 Å². The van der Waals surface area contributed by atoms with Crippen molar-refractivity contribution < 1.29 is 26.3 Å². The molecule has 2 aromatic rings. The second-order valence-electron chi connectivity index (χ2n) is 9.74. The molecular formula is C26H38N4O6S4. The van der Waals surface area contributed by atoms with Gasteiger partial charge < -0.3 is 9.47 Å². The maximum atomic E-state index is 12.6.